The largest absolute Gasteiger partial charge is 0.356 e. The second-order valence-corrected chi connectivity index (χ2v) is 3.08. The van der Waals surface area contributed by atoms with Crippen molar-refractivity contribution >= 4 is 6.41 Å². The molecule has 2 N–H and O–H groups in total. The molecule has 72 valence electrons. The molecule has 0 heterocycles. The fourth-order valence-corrected chi connectivity index (χ4v) is 0.945. The van der Waals surface area contributed by atoms with Crippen molar-refractivity contribution in [1.82, 2.24) is 10.6 Å². The van der Waals surface area contributed by atoms with E-state index in [4.69, 9.17) is 0 Å². The molecule has 0 aromatic carbocycles. The van der Waals surface area contributed by atoms with Crippen LogP contribution in [0.5, 0.6) is 0 Å². The van der Waals surface area contributed by atoms with Gasteiger partial charge in [-0.05, 0) is 32.9 Å². The molecule has 0 radical (unpaired) electrons. The van der Waals surface area contributed by atoms with Crippen molar-refractivity contribution in [3.05, 3.63) is 0 Å². The van der Waals surface area contributed by atoms with Gasteiger partial charge in [-0.3, -0.25) is 4.79 Å². The second-order valence-electron chi connectivity index (χ2n) is 3.08. The van der Waals surface area contributed by atoms with Crippen LogP contribution in [0.25, 0.3) is 0 Å². The van der Waals surface area contributed by atoms with Crippen LogP contribution in [0, 0.1) is 0 Å². The number of unbranched alkanes of at least 4 members (excludes halogenated alkanes) is 1. The van der Waals surface area contributed by atoms with E-state index in [9.17, 15) is 4.79 Å². The number of carbonyl (C=O) groups is 1. The zero-order chi connectivity index (χ0) is 9.23. The Balaban J connectivity index is 3.02. The van der Waals surface area contributed by atoms with Crippen molar-refractivity contribution in [3.63, 3.8) is 0 Å². The van der Waals surface area contributed by atoms with Crippen LogP contribution in [-0.4, -0.2) is 25.5 Å². The molecule has 0 aromatic heterocycles. The van der Waals surface area contributed by atoms with Gasteiger partial charge < -0.3 is 10.6 Å². The van der Waals surface area contributed by atoms with E-state index in [1.807, 2.05) is 6.92 Å². The van der Waals surface area contributed by atoms with E-state index in [0.717, 1.165) is 25.9 Å². The average molecular weight is 172 g/mol. The van der Waals surface area contributed by atoms with Gasteiger partial charge in [-0.25, -0.2) is 0 Å². The standard InChI is InChI=1S/C9H20N2O/c1-3-4-6-10-7-5-9(2)11-8-12/h8-10H,3-7H2,1-2H3,(H,11,12)/t9-/m0/s1. The first-order chi connectivity index (χ1) is 5.81. The van der Waals surface area contributed by atoms with Crippen LogP contribution in [0.15, 0.2) is 0 Å². The molecule has 0 aliphatic carbocycles. The SMILES string of the molecule is CCCCNCC[C@H](C)NC=O. The lowest BCUT2D eigenvalue weighted by atomic mass is 10.2. The first-order valence-corrected chi connectivity index (χ1v) is 4.71. The summed E-state index contributed by atoms with van der Waals surface area (Å²) in [7, 11) is 0. The Kier molecular flexibility index (Phi) is 8.12. The molecule has 0 aromatic rings. The molecule has 1 amide bonds. The number of amides is 1. The molecule has 0 unspecified atom stereocenters. The predicted octanol–water partition coefficient (Wildman–Crippen LogP) is 0.901. The van der Waals surface area contributed by atoms with Gasteiger partial charge in [0, 0.05) is 6.04 Å². The molecule has 0 saturated heterocycles. The summed E-state index contributed by atoms with van der Waals surface area (Å²) in [5.74, 6) is 0. The number of hydrogen-bond donors (Lipinski definition) is 2. The molecule has 0 rings (SSSR count). The fraction of sp³-hybridized carbons (Fsp3) is 0.889. The summed E-state index contributed by atoms with van der Waals surface area (Å²) in [5.41, 5.74) is 0. The maximum Gasteiger partial charge on any atom is 0.207 e. The molecule has 0 bridgehead atoms. The lowest BCUT2D eigenvalue weighted by Gasteiger charge is -2.09. The van der Waals surface area contributed by atoms with Crippen molar-refractivity contribution in [3.8, 4) is 0 Å². The Labute approximate surface area is 74.9 Å². The van der Waals surface area contributed by atoms with Crippen LogP contribution in [0.2, 0.25) is 0 Å². The average Bonchev–Trinajstić information content (AvgIpc) is 2.05. The van der Waals surface area contributed by atoms with Gasteiger partial charge in [-0.2, -0.15) is 0 Å². The summed E-state index contributed by atoms with van der Waals surface area (Å²) in [6, 6.07) is 0.289. The van der Waals surface area contributed by atoms with E-state index in [-0.39, 0.29) is 6.04 Å². The minimum atomic E-state index is 0.289. The summed E-state index contributed by atoms with van der Waals surface area (Å²) >= 11 is 0. The van der Waals surface area contributed by atoms with Crippen LogP contribution in [0.4, 0.5) is 0 Å². The van der Waals surface area contributed by atoms with Crippen LogP contribution in [0.3, 0.4) is 0 Å². The molecular formula is C9H20N2O. The number of nitrogens with one attached hydrogen (secondary N) is 2. The molecule has 3 heteroatoms. The van der Waals surface area contributed by atoms with E-state index < -0.39 is 0 Å². The maximum atomic E-state index is 10.0. The number of rotatable bonds is 8. The first-order valence-electron chi connectivity index (χ1n) is 4.71. The summed E-state index contributed by atoms with van der Waals surface area (Å²) in [4.78, 5) is 10.0. The quantitative estimate of drug-likeness (QED) is 0.422. The van der Waals surface area contributed by atoms with Crippen LogP contribution in [-0.2, 0) is 4.79 Å². The Morgan fingerprint density at radius 2 is 2.17 bits per heavy atom. The molecule has 12 heavy (non-hydrogen) atoms. The van der Waals surface area contributed by atoms with Crippen LogP contribution < -0.4 is 10.6 Å². The van der Waals surface area contributed by atoms with Crippen molar-refractivity contribution in [2.75, 3.05) is 13.1 Å². The summed E-state index contributed by atoms with van der Waals surface area (Å²) in [5, 5.41) is 6.04. The fourth-order valence-electron chi connectivity index (χ4n) is 0.945. The van der Waals surface area contributed by atoms with Crippen molar-refractivity contribution in [1.29, 1.82) is 0 Å². The normalized spacial score (nSPS) is 12.5. The van der Waals surface area contributed by atoms with E-state index in [1.54, 1.807) is 0 Å². The highest BCUT2D eigenvalue weighted by molar-refractivity contribution is 5.46. The summed E-state index contributed by atoms with van der Waals surface area (Å²) < 4.78 is 0. The van der Waals surface area contributed by atoms with E-state index in [1.165, 1.54) is 12.8 Å². The Morgan fingerprint density at radius 1 is 1.42 bits per heavy atom. The van der Waals surface area contributed by atoms with Crippen LogP contribution in [0.1, 0.15) is 33.1 Å². The summed E-state index contributed by atoms with van der Waals surface area (Å²) in [6.07, 6.45) is 4.23. The molecule has 0 fully saturated rings. The van der Waals surface area contributed by atoms with Crippen molar-refractivity contribution < 1.29 is 4.79 Å². The minimum absolute atomic E-state index is 0.289. The van der Waals surface area contributed by atoms with Crippen LogP contribution >= 0.6 is 0 Å². The molecule has 0 saturated carbocycles. The van der Waals surface area contributed by atoms with Crippen molar-refractivity contribution in [2.24, 2.45) is 0 Å². The lowest BCUT2D eigenvalue weighted by Crippen LogP contribution is -2.29. The zero-order valence-corrected chi connectivity index (χ0v) is 8.10. The van der Waals surface area contributed by atoms with Gasteiger partial charge in [0.1, 0.15) is 0 Å². The third kappa shape index (κ3) is 7.54. The summed E-state index contributed by atoms with van der Waals surface area (Å²) in [6.45, 7) is 6.26. The Hall–Kier alpha value is -0.570. The van der Waals surface area contributed by atoms with Gasteiger partial charge in [0.05, 0.1) is 0 Å². The molecule has 0 spiro atoms. The third-order valence-corrected chi connectivity index (χ3v) is 1.81. The number of carbonyl (C=O) groups excluding carboxylic acids is 1. The predicted molar refractivity (Wildman–Crippen MR) is 51.1 cm³/mol. The zero-order valence-electron chi connectivity index (χ0n) is 8.10. The van der Waals surface area contributed by atoms with Gasteiger partial charge in [0.25, 0.3) is 0 Å². The molecular weight excluding hydrogens is 152 g/mol. The Morgan fingerprint density at radius 3 is 2.75 bits per heavy atom. The highest BCUT2D eigenvalue weighted by atomic mass is 16.1. The maximum absolute atomic E-state index is 10.0. The Bertz CT molecular complexity index is 107. The lowest BCUT2D eigenvalue weighted by molar-refractivity contribution is -0.110. The molecule has 1 atom stereocenters. The van der Waals surface area contributed by atoms with Gasteiger partial charge in [0.15, 0.2) is 0 Å². The molecule has 0 aliphatic rings. The minimum Gasteiger partial charge on any atom is -0.356 e. The monoisotopic (exact) mass is 172 g/mol. The van der Waals surface area contributed by atoms with E-state index in [0.29, 0.717) is 0 Å². The molecule has 3 nitrogen and oxygen atoms in total. The van der Waals surface area contributed by atoms with E-state index in [2.05, 4.69) is 17.6 Å². The van der Waals surface area contributed by atoms with Crippen molar-refractivity contribution in [2.45, 2.75) is 39.2 Å². The smallest absolute Gasteiger partial charge is 0.207 e. The third-order valence-electron chi connectivity index (χ3n) is 1.81. The van der Waals surface area contributed by atoms with Gasteiger partial charge in [-0.1, -0.05) is 13.3 Å². The van der Waals surface area contributed by atoms with E-state index >= 15 is 0 Å². The molecule has 0 aliphatic heterocycles. The van der Waals surface area contributed by atoms with Gasteiger partial charge in [-0.15, -0.1) is 0 Å². The van der Waals surface area contributed by atoms with Gasteiger partial charge >= 0.3 is 0 Å². The second kappa shape index (κ2) is 8.53. The first kappa shape index (κ1) is 11.4. The van der Waals surface area contributed by atoms with Gasteiger partial charge in [0.2, 0.25) is 6.41 Å². The highest BCUT2D eigenvalue weighted by Gasteiger charge is 1.97. The topological polar surface area (TPSA) is 41.1 Å². The number of hydrogen-bond acceptors (Lipinski definition) is 2. The highest BCUT2D eigenvalue weighted by Crippen LogP contribution is 1.87.